The topological polar surface area (TPSA) is 36.7 Å². The lowest BCUT2D eigenvalue weighted by Crippen LogP contribution is -2.46. The monoisotopic (exact) mass is 368 g/mol. The molecule has 1 aromatic heterocycles. The van der Waals surface area contributed by atoms with Crippen molar-refractivity contribution < 1.29 is 4.42 Å². The van der Waals surface area contributed by atoms with Gasteiger partial charge in [-0.25, -0.2) is 4.79 Å². The van der Waals surface area contributed by atoms with Gasteiger partial charge in [0.1, 0.15) is 5.58 Å². The number of piperazine rings is 1. The Morgan fingerprint density at radius 3 is 2.62 bits per heavy atom. The summed E-state index contributed by atoms with van der Waals surface area (Å²) >= 11 is 6.47. The quantitative estimate of drug-likeness (QED) is 0.653. The zero-order chi connectivity index (χ0) is 18.1. The fourth-order valence-corrected chi connectivity index (χ4v) is 3.73. The van der Waals surface area contributed by atoms with Crippen LogP contribution in [0.4, 0.5) is 5.69 Å². The fourth-order valence-electron chi connectivity index (χ4n) is 3.48. The van der Waals surface area contributed by atoms with Gasteiger partial charge in [-0.3, -0.25) is 4.90 Å². The van der Waals surface area contributed by atoms with Gasteiger partial charge in [0.15, 0.2) is 0 Å². The third-order valence-electron chi connectivity index (χ3n) is 4.98. The maximum absolute atomic E-state index is 11.4. The van der Waals surface area contributed by atoms with E-state index in [0.29, 0.717) is 5.58 Å². The van der Waals surface area contributed by atoms with Crippen molar-refractivity contribution in [3.8, 4) is 0 Å². The minimum Gasteiger partial charge on any atom is -0.423 e. The van der Waals surface area contributed by atoms with Crippen molar-refractivity contribution in [3.63, 3.8) is 0 Å². The molecule has 1 aliphatic heterocycles. The maximum atomic E-state index is 11.4. The molecule has 4 rings (SSSR count). The molecule has 2 heterocycles. The Labute approximate surface area is 157 Å². The summed E-state index contributed by atoms with van der Waals surface area (Å²) < 4.78 is 5.29. The summed E-state index contributed by atoms with van der Waals surface area (Å²) in [7, 11) is 0. The largest absolute Gasteiger partial charge is 0.423 e. The van der Waals surface area contributed by atoms with Gasteiger partial charge in [0, 0.05) is 44.2 Å². The van der Waals surface area contributed by atoms with Crippen LogP contribution < -0.4 is 10.5 Å². The van der Waals surface area contributed by atoms with Crippen LogP contribution in [0.15, 0.2) is 57.7 Å². The van der Waals surface area contributed by atoms with Crippen LogP contribution in [-0.2, 0) is 6.54 Å². The molecule has 0 saturated carbocycles. The van der Waals surface area contributed by atoms with Crippen molar-refractivity contribution in [2.24, 2.45) is 0 Å². The van der Waals surface area contributed by atoms with Gasteiger partial charge in [0.2, 0.25) is 0 Å². The molecule has 0 N–H and O–H groups in total. The van der Waals surface area contributed by atoms with E-state index < -0.39 is 0 Å². The van der Waals surface area contributed by atoms with E-state index in [1.807, 2.05) is 25.1 Å². The van der Waals surface area contributed by atoms with E-state index in [4.69, 9.17) is 16.0 Å². The van der Waals surface area contributed by atoms with Crippen LogP contribution in [-0.4, -0.2) is 31.1 Å². The SMILES string of the molecule is Cc1cccc(N2CCN(Cc3ccc4ccc(=O)oc4c3)CC2)c1Cl. The molecule has 26 heavy (non-hydrogen) atoms. The second-order valence-corrected chi connectivity index (χ2v) is 7.18. The molecule has 1 fully saturated rings. The van der Waals surface area contributed by atoms with Crippen molar-refractivity contribution in [3.05, 3.63) is 75.1 Å². The number of fused-ring (bicyclic) bond motifs is 1. The number of aryl methyl sites for hydroxylation is 1. The molecular formula is C21H21ClN2O2. The first-order chi connectivity index (χ1) is 12.6. The van der Waals surface area contributed by atoms with E-state index in [2.05, 4.69) is 28.0 Å². The van der Waals surface area contributed by atoms with E-state index in [0.717, 1.165) is 59.9 Å². The van der Waals surface area contributed by atoms with E-state index >= 15 is 0 Å². The van der Waals surface area contributed by atoms with Gasteiger partial charge in [0.05, 0.1) is 10.7 Å². The molecule has 3 aromatic rings. The zero-order valence-corrected chi connectivity index (χ0v) is 15.5. The van der Waals surface area contributed by atoms with Crippen LogP contribution in [0.3, 0.4) is 0 Å². The summed E-state index contributed by atoms with van der Waals surface area (Å²) in [5, 5.41) is 1.80. The summed E-state index contributed by atoms with van der Waals surface area (Å²) in [6, 6.07) is 15.5. The molecular weight excluding hydrogens is 348 g/mol. The van der Waals surface area contributed by atoms with Crippen molar-refractivity contribution in [1.29, 1.82) is 0 Å². The molecule has 134 valence electrons. The van der Waals surface area contributed by atoms with Gasteiger partial charge in [-0.1, -0.05) is 35.9 Å². The van der Waals surface area contributed by atoms with Crippen molar-refractivity contribution in [2.75, 3.05) is 31.1 Å². The van der Waals surface area contributed by atoms with E-state index in [-0.39, 0.29) is 5.63 Å². The van der Waals surface area contributed by atoms with Crippen LogP contribution in [0.1, 0.15) is 11.1 Å². The van der Waals surface area contributed by atoms with Gasteiger partial charge in [-0.05, 0) is 36.2 Å². The molecule has 2 aromatic carbocycles. The molecule has 1 saturated heterocycles. The highest BCUT2D eigenvalue weighted by atomic mass is 35.5. The predicted octanol–water partition coefficient (Wildman–Crippen LogP) is 4.08. The Morgan fingerprint density at radius 2 is 1.81 bits per heavy atom. The normalized spacial score (nSPS) is 15.5. The molecule has 1 aliphatic rings. The molecule has 0 spiro atoms. The third-order valence-corrected chi connectivity index (χ3v) is 5.47. The molecule has 0 bridgehead atoms. The maximum Gasteiger partial charge on any atom is 0.336 e. The molecule has 0 amide bonds. The number of hydrogen-bond acceptors (Lipinski definition) is 4. The Morgan fingerprint density at radius 1 is 1.04 bits per heavy atom. The number of halogens is 1. The average molecular weight is 369 g/mol. The lowest BCUT2D eigenvalue weighted by Gasteiger charge is -2.36. The number of anilines is 1. The zero-order valence-electron chi connectivity index (χ0n) is 14.7. The highest BCUT2D eigenvalue weighted by Crippen LogP contribution is 2.29. The molecule has 0 radical (unpaired) electrons. The van der Waals surface area contributed by atoms with Crippen LogP contribution in [0.2, 0.25) is 5.02 Å². The molecule has 4 nitrogen and oxygen atoms in total. The Hall–Kier alpha value is -2.30. The molecule has 0 atom stereocenters. The first-order valence-corrected chi connectivity index (χ1v) is 9.23. The summed E-state index contributed by atoms with van der Waals surface area (Å²) in [4.78, 5) is 16.2. The summed E-state index contributed by atoms with van der Waals surface area (Å²) in [6.07, 6.45) is 0. The number of nitrogens with zero attached hydrogens (tertiary/aromatic N) is 2. The standard InChI is InChI=1S/C21H21ClN2O2/c1-15-3-2-4-18(21(15)22)24-11-9-23(10-12-24)14-16-5-6-17-7-8-20(25)26-19(17)13-16/h2-8,13H,9-12,14H2,1H3. The highest BCUT2D eigenvalue weighted by Gasteiger charge is 2.19. The minimum atomic E-state index is -0.307. The number of hydrogen-bond donors (Lipinski definition) is 0. The van der Waals surface area contributed by atoms with Gasteiger partial charge in [-0.2, -0.15) is 0 Å². The van der Waals surface area contributed by atoms with Crippen LogP contribution >= 0.6 is 11.6 Å². The molecule has 0 unspecified atom stereocenters. The second kappa shape index (κ2) is 7.14. The van der Waals surface area contributed by atoms with Gasteiger partial charge < -0.3 is 9.32 Å². The van der Waals surface area contributed by atoms with Crippen molar-refractivity contribution in [1.82, 2.24) is 4.90 Å². The third kappa shape index (κ3) is 3.48. The first kappa shape index (κ1) is 17.1. The highest BCUT2D eigenvalue weighted by molar-refractivity contribution is 6.34. The Balaban J connectivity index is 1.44. The predicted molar refractivity (Wildman–Crippen MR) is 106 cm³/mol. The summed E-state index contributed by atoms with van der Waals surface area (Å²) in [5.74, 6) is 0. The summed E-state index contributed by atoms with van der Waals surface area (Å²) in [6.45, 7) is 6.74. The Kier molecular flexibility index (Phi) is 4.70. The number of rotatable bonds is 3. The number of benzene rings is 2. The smallest absolute Gasteiger partial charge is 0.336 e. The molecule has 5 heteroatoms. The van der Waals surface area contributed by atoms with Crippen molar-refractivity contribution >= 4 is 28.3 Å². The minimum absolute atomic E-state index is 0.307. The Bertz CT molecular complexity index is 991. The van der Waals surface area contributed by atoms with Gasteiger partial charge >= 0.3 is 5.63 Å². The van der Waals surface area contributed by atoms with E-state index in [1.54, 1.807) is 6.07 Å². The van der Waals surface area contributed by atoms with Gasteiger partial charge in [-0.15, -0.1) is 0 Å². The van der Waals surface area contributed by atoms with E-state index in [9.17, 15) is 4.79 Å². The summed E-state index contributed by atoms with van der Waals surface area (Å²) in [5.41, 5.74) is 3.75. The average Bonchev–Trinajstić information content (AvgIpc) is 2.64. The van der Waals surface area contributed by atoms with Crippen LogP contribution in [0.25, 0.3) is 11.0 Å². The van der Waals surface area contributed by atoms with Gasteiger partial charge in [0.25, 0.3) is 0 Å². The lowest BCUT2D eigenvalue weighted by atomic mass is 10.1. The lowest BCUT2D eigenvalue weighted by molar-refractivity contribution is 0.250. The molecule has 0 aliphatic carbocycles. The van der Waals surface area contributed by atoms with Crippen LogP contribution in [0.5, 0.6) is 0 Å². The first-order valence-electron chi connectivity index (χ1n) is 8.85. The van der Waals surface area contributed by atoms with Crippen LogP contribution in [0, 0.1) is 6.92 Å². The second-order valence-electron chi connectivity index (χ2n) is 6.80. The fraction of sp³-hybridized carbons (Fsp3) is 0.286. The van der Waals surface area contributed by atoms with E-state index in [1.165, 1.54) is 6.07 Å². The van der Waals surface area contributed by atoms with Crippen molar-refractivity contribution in [2.45, 2.75) is 13.5 Å².